The fourth-order valence-corrected chi connectivity index (χ4v) is 4.56. The van der Waals surface area contributed by atoms with Gasteiger partial charge in [-0.3, -0.25) is 9.59 Å². The van der Waals surface area contributed by atoms with Gasteiger partial charge in [0.15, 0.2) is 0 Å². The Bertz CT molecular complexity index is 510. The van der Waals surface area contributed by atoms with Crippen LogP contribution in [-0.4, -0.2) is 47.7 Å². The van der Waals surface area contributed by atoms with E-state index in [1.165, 1.54) is 12.8 Å². The van der Waals surface area contributed by atoms with E-state index in [4.69, 9.17) is 9.47 Å². The summed E-state index contributed by atoms with van der Waals surface area (Å²) in [6, 6.07) is 0.330. The van der Waals surface area contributed by atoms with E-state index in [-0.39, 0.29) is 23.9 Å². The molecule has 21 heavy (non-hydrogen) atoms. The number of hydrogen-bond acceptors (Lipinski definition) is 4. The van der Waals surface area contributed by atoms with E-state index in [1.807, 2.05) is 17.1 Å². The molecule has 4 aliphatic rings. The average Bonchev–Trinajstić information content (AvgIpc) is 3.19. The predicted octanol–water partition coefficient (Wildman–Crippen LogP) is 1.27. The molecule has 5 heteroatoms. The van der Waals surface area contributed by atoms with Crippen molar-refractivity contribution in [3.05, 3.63) is 12.2 Å². The first-order valence-electron chi connectivity index (χ1n) is 8.00. The van der Waals surface area contributed by atoms with Gasteiger partial charge in [0.2, 0.25) is 5.91 Å². The van der Waals surface area contributed by atoms with Crippen LogP contribution in [-0.2, 0) is 19.1 Å². The fourth-order valence-electron chi connectivity index (χ4n) is 4.56. The highest BCUT2D eigenvalue weighted by Gasteiger charge is 2.67. The molecule has 2 bridgehead atoms. The van der Waals surface area contributed by atoms with Gasteiger partial charge in [0, 0.05) is 6.04 Å². The molecule has 0 aromatic rings. The SMILES string of the molecule is CCOC(=O)[C@@H]1[C@H]2C(=O)N(C3CCCC3)C[C@]23C=C[C@H]1O3. The third-order valence-corrected chi connectivity index (χ3v) is 5.45. The molecule has 1 saturated carbocycles. The minimum absolute atomic E-state index is 0.0896. The Kier molecular flexibility index (Phi) is 2.89. The topological polar surface area (TPSA) is 55.8 Å². The molecule has 0 N–H and O–H groups in total. The summed E-state index contributed by atoms with van der Waals surface area (Å²) in [5, 5.41) is 0. The number of carbonyl (C=O) groups excluding carboxylic acids is 2. The number of nitrogens with zero attached hydrogens (tertiary/aromatic N) is 1. The summed E-state index contributed by atoms with van der Waals surface area (Å²) >= 11 is 0. The maximum Gasteiger partial charge on any atom is 0.312 e. The van der Waals surface area contributed by atoms with Gasteiger partial charge >= 0.3 is 5.97 Å². The van der Waals surface area contributed by atoms with Crippen LogP contribution in [0.5, 0.6) is 0 Å². The van der Waals surface area contributed by atoms with Crippen molar-refractivity contribution in [3.8, 4) is 0 Å². The highest BCUT2D eigenvalue weighted by Crippen LogP contribution is 2.53. The highest BCUT2D eigenvalue weighted by atomic mass is 16.6. The second-order valence-corrected chi connectivity index (χ2v) is 6.56. The van der Waals surface area contributed by atoms with Crippen LogP contribution in [0.3, 0.4) is 0 Å². The normalized spacial score (nSPS) is 41.1. The van der Waals surface area contributed by atoms with Crippen LogP contribution in [0.15, 0.2) is 12.2 Å². The van der Waals surface area contributed by atoms with Gasteiger partial charge in [-0.05, 0) is 19.8 Å². The molecule has 0 aromatic heterocycles. The van der Waals surface area contributed by atoms with Gasteiger partial charge in [0.05, 0.1) is 25.2 Å². The lowest BCUT2D eigenvalue weighted by atomic mass is 9.77. The van der Waals surface area contributed by atoms with E-state index in [2.05, 4.69) is 0 Å². The molecule has 4 rings (SSSR count). The molecule has 0 unspecified atom stereocenters. The maximum atomic E-state index is 12.9. The van der Waals surface area contributed by atoms with Crippen molar-refractivity contribution < 1.29 is 19.1 Å². The lowest BCUT2D eigenvalue weighted by Gasteiger charge is -2.26. The van der Waals surface area contributed by atoms with Gasteiger partial charge < -0.3 is 14.4 Å². The molecular formula is C16H21NO4. The monoisotopic (exact) mass is 291 g/mol. The molecule has 0 aromatic carbocycles. The number of likely N-dealkylation sites (tertiary alicyclic amines) is 1. The molecule has 5 nitrogen and oxygen atoms in total. The van der Waals surface area contributed by atoms with E-state index in [1.54, 1.807) is 6.92 Å². The van der Waals surface area contributed by atoms with Crippen LogP contribution in [0.4, 0.5) is 0 Å². The van der Waals surface area contributed by atoms with Crippen LogP contribution in [0, 0.1) is 11.8 Å². The van der Waals surface area contributed by atoms with Crippen LogP contribution in [0.25, 0.3) is 0 Å². The number of rotatable bonds is 3. The molecule has 4 atom stereocenters. The van der Waals surface area contributed by atoms with E-state index < -0.39 is 11.5 Å². The Morgan fingerprint density at radius 1 is 1.48 bits per heavy atom. The van der Waals surface area contributed by atoms with Crippen molar-refractivity contribution in [1.29, 1.82) is 0 Å². The van der Waals surface area contributed by atoms with Crippen molar-refractivity contribution in [3.63, 3.8) is 0 Å². The molecule has 1 spiro atoms. The first-order chi connectivity index (χ1) is 10.2. The summed E-state index contributed by atoms with van der Waals surface area (Å²) < 4.78 is 11.2. The Balaban J connectivity index is 1.63. The molecule has 3 aliphatic heterocycles. The summed E-state index contributed by atoms with van der Waals surface area (Å²) in [5.74, 6) is -1.05. The summed E-state index contributed by atoms with van der Waals surface area (Å²) in [7, 11) is 0. The third kappa shape index (κ3) is 1.73. The second kappa shape index (κ2) is 4.57. The van der Waals surface area contributed by atoms with Crippen LogP contribution < -0.4 is 0 Å². The molecule has 1 amide bonds. The molecular weight excluding hydrogens is 270 g/mol. The number of carbonyl (C=O) groups is 2. The molecule has 1 aliphatic carbocycles. The van der Waals surface area contributed by atoms with Gasteiger partial charge in [-0.25, -0.2) is 0 Å². The zero-order valence-electron chi connectivity index (χ0n) is 12.3. The zero-order valence-corrected chi connectivity index (χ0v) is 12.3. The van der Waals surface area contributed by atoms with Crippen molar-refractivity contribution in [1.82, 2.24) is 4.90 Å². The molecule has 2 saturated heterocycles. The number of hydrogen-bond donors (Lipinski definition) is 0. The predicted molar refractivity (Wildman–Crippen MR) is 74.3 cm³/mol. The quantitative estimate of drug-likeness (QED) is 0.580. The zero-order chi connectivity index (χ0) is 14.6. The van der Waals surface area contributed by atoms with Crippen molar-refractivity contribution in [2.24, 2.45) is 11.8 Å². The van der Waals surface area contributed by atoms with Crippen molar-refractivity contribution in [2.75, 3.05) is 13.2 Å². The van der Waals surface area contributed by atoms with Crippen molar-refractivity contribution >= 4 is 11.9 Å². The number of fused-ring (bicyclic) bond motifs is 1. The fraction of sp³-hybridized carbons (Fsp3) is 0.750. The standard InChI is InChI=1S/C16H21NO4/c1-2-20-15(19)12-11-7-8-16(21-11)9-17(14(18)13(12)16)10-5-3-4-6-10/h7-8,10-13H,2-6,9H2,1H3/t11-,12+,13+,16-/m1/s1. The molecule has 114 valence electrons. The summed E-state index contributed by atoms with van der Waals surface area (Å²) in [6.07, 6.45) is 8.18. The highest BCUT2D eigenvalue weighted by molar-refractivity contribution is 5.91. The largest absolute Gasteiger partial charge is 0.466 e. The Hall–Kier alpha value is -1.36. The number of esters is 1. The second-order valence-electron chi connectivity index (χ2n) is 6.56. The van der Waals surface area contributed by atoms with Crippen molar-refractivity contribution in [2.45, 2.75) is 50.4 Å². The summed E-state index contributed by atoms with van der Waals surface area (Å²) in [4.78, 5) is 27.1. The number of amides is 1. The first-order valence-corrected chi connectivity index (χ1v) is 8.00. The van der Waals surface area contributed by atoms with Gasteiger partial charge in [-0.1, -0.05) is 25.0 Å². The average molecular weight is 291 g/mol. The lowest BCUT2D eigenvalue weighted by molar-refractivity contribution is -0.153. The lowest BCUT2D eigenvalue weighted by Crippen LogP contribution is -2.41. The summed E-state index contributed by atoms with van der Waals surface area (Å²) in [6.45, 7) is 2.73. The van der Waals surface area contributed by atoms with Gasteiger partial charge in [-0.2, -0.15) is 0 Å². The first kappa shape index (κ1) is 13.3. The maximum absolute atomic E-state index is 12.9. The van der Waals surface area contributed by atoms with Gasteiger partial charge in [0.1, 0.15) is 11.5 Å². The summed E-state index contributed by atoms with van der Waals surface area (Å²) in [5.41, 5.74) is -0.582. The van der Waals surface area contributed by atoms with E-state index >= 15 is 0 Å². The van der Waals surface area contributed by atoms with Crippen LogP contribution in [0.1, 0.15) is 32.6 Å². The number of ether oxygens (including phenoxy) is 2. The molecule has 0 radical (unpaired) electrons. The Morgan fingerprint density at radius 2 is 2.24 bits per heavy atom. The third-order valence-electron chi connectivity index (χ3n) is 5.45. The van der Waals surface area contributed by atoms with Crippen LogP contribution >= 0.6 is 0 Å². The molecule has 3 heterocycles. The van der Waals surface area contributed by atoms with E-state index in [0.717, 1.165) is 12.8 Å². The van der Waals surface area contributed by atoms with Gasteiger partial charge in [-0.15, -0.1) is 0 Å². The minimum Gasteiger partial charge on any atom is -0.466 e. The Morgan fingerprint density at radius 3 is 2.95 bits per heavy atom. The van der Waals surface area contributed by atoms with Crippen LogP contribution in [0.2, 0.25) is 0 Å². The van der Waals surface area contributed by atoms with E-state index in [9.17, 15) is 9.59 Å². The smallest absolute Gasteiger partial charge is 0.312 e. The van der Waals surface area contributed by atoms with E-state index in [0.29, 0.717) is 19.2 Å². The molecule has 3 fully saturated rings. The minimum atomic E-state index is -0.582. The Labute approximate surface area is 124 Å². The van der Waals surface area contributed by atoms with Gasteiger partial charge in [0.25, 0.3) is 0 Å².